The molecule has 1 fully saturated rings. The van der Waals surface area contributed by atoms with Gasteiger partial charge < -0.3 is 14.7 Å². The first-order chi connectivity index (χ1) is 11.1. The van der Waals surface area contributed by atoms with E-state index in [-0.39, 0.29) is 11.5 Å². The van der Waals surface area contributed by atoms with E-state index in [1.807, 2.05) is 15.9 Å². The largest absolute Gasteiger partial charge is 0.491 e. The fourth-order valence-electron chi connectivity index (χ4n) is 3.21. The zero-order valence-corrected chi connectivity index (χ0v) is 13.2. The molecule has 124 valence electrons. The highest BCUT2D eigenvalue weighted by atomic mass is 16.5. The van der Waals surface area contributed by atoms with Crippen LogP contribution in [-0.2, 0) is 11.3 Å². The van der Waals surface area contributed by atoms with Crippen LogP contribution in [0.25, 0.3) is 0 Å². The summed E-state index contributed by atoms with van der Waals surface area (Å²) >= 11 is 0. The number of carboxylic acids is 1. The van der Waals surface area contributed by atoms with Gasteiger partial charge >= 0.3 is 5.97 Å². The lowest BCUT2D eigenvalue weighted by molar-refractivity contribution is -0.133. The lowest BCUT2D eigenvalue weighted by Gasteiger charge is -2.29. The first-order valence-corrected chi connectivity index (χ1v) is 8.13. The number of carboxylic acid groups (broad SMARTS) is 1. The highest BCUT2D eigenvalue weighted by molar-refractivity contribution is 5.91. The van der Waals surface area contributed by atoms with Gasteiger partial charge in [-0.25, -0.2) is 4.79 Å². The number of aromatic carboxylic acids is 1. The quantitative estimate of drug-likeness (QED) is 0.916. The van der Waals surface area contributed by atoms with Gasteiger partial charge in [-0.05, 0) is 25.3 Å². The van der Waals surface area contributed by atoms with E-state index < -0.39 is 5.97 Å². The standard InChI is InChI=1S/C17H22N2O4/c20-15(19-7-2-1-3-8-19)12-18-9-10-23-16-13(11-18)5-4-6-14(16)17(21)22/h4-6H,1-3,7-12H2,(H,21,22). The third-order valence-electron chi connectivity index (χ3n) is 4.44. The molecule has 23 heavy (non-hydrogen) atoms. The van der Waals surface area contributed by atoms with E-state index in [4.69, 9.17) is 4.74 Å². The van der Waals surface area contributed by atoms with Crippen molar-refractivity contribution in [2.45, 2.75) is 25.8 Å². The molecule has 0 saturated carbocycles. The molecular formula is C17H22N2O4. The number of carbonyl (C=O) groups excluding carboxylic acids is 1. The summed E-state index contributed by atoms with van der Waals surface area (Å²) in [4.78, 5) is 27.7. The molecule has 0 atom stereocenters. The third-order valence-corrected chi connectivity index (χ3v) is 4.44. The number of hydrogen-bond acceptors (Lipinski definition) is 4. The smallest absolute Gasteiger partial charge is 0.339 e. The van der Waals surface area contributed by atoms with Crippen molar-refractivity contribution in [2.75, 3.05) is 32.8 Å². The Bertz CT molecular complexity index is 596. The predicted molar refractivity (Wildman–Crippen MR) is 84.6 cm³/mol. The Hall–Kier alpha value is -2.08. The van der Waals surface area contributed by atoms with Gasteiger partial charge in [0.15, 0.2) is 0 Å². The zero-order valence-electron chi connectivity index (χ0n) is 13.2. The van der Waals surface area contributed by atoms with Crippen LogP contribution in [0.2, 0.25) is 0 Å². The summed E-state index contributed by atoms with van der Waals surface area (Å²) in [6, 6.07) is 5.14. The number of amides is 1. The molecule has 2 aliphatic rings. The fourth-order valence-corrected chi connectivity index (χ4v) is 3.21. The van der Waals surface area contributed by atoms with E-state index in [0.717, 1.165) is 31.5 Å². The molecule has 3 rings (SSSR count). The van der Waals surface area contributed by atoms with Crippen LogP contribution in [0.5, 0.6) is 5.75 Å². The molecule has 1 aromatic carbocycles. The highest BCUT2D eigenvalue weighted by Crippen LogP contribution is 2.27. The van der Waals surface area contributed by atoms with Crippen molar-refractivity contribution in [3.8, 4) is 5.75 Å². The van der Waals surface area contributed by atoms with Crippen molar-refractivity contribution >= 4 is 11.9 Å². The minimum atomic E-state index is -0.986. The van der Waals surface area contributed by atoms with Crippen LogP contribution in [-0.4, -0.2) is 59.6 Å². The number of nitrogens with zero attached hydrogens (tertiary/aromatic N) is 2. The lowest BCUT2D eigenvalue weighted by atomic mass is 10.1. The topological polar surface area (TPSA) is 70.1 Å². The van der Waals surface area contributed by atoms with Gasteiger partial charge in [0.2, 0.25) is 5.91 Å². The number of rotatable bonds is 3. The maximum Gasteiger partial charge on any atom is 0.339 e. The second-order valence-electron chi connectivity index (χ2n) is 6.10. The molecule has 1 amide bonds. The Morgan fingerprint density at radius 2 is 1.91 bits per heavy atom. The van der Waals surface area contributed by atoms with Gasteiger partial charge in [-0.15, -0.1) is 0 Å². The Morgan fingerprint density at radius 3 is 2.65 bits per heavy atom. The van der Waals surface area contributed by atoms with Gasteiger partial charge in [-0.1, -0.05) is 12.1 Å². The van der Waals surface area contributed by atoms with Crippen LogP contribution in [0.4, 0.5) is 0 Å². The van der Waals surface area contributed by atoms with E-state index in [1.165, 1.54) is 6.42 Å². The zero-order chi connectivity index (χ0) is 16.2. The molecule has 2 heterocycles. The summed E-state index contributed by atoms with van der Waals surface area (Å²) in [5.74, 6) is -0.393. The van der Waals surface area contributed by atoms with Crippen molar-refractivity contribution in [1.82, 2.24) is 9.80 Å². The SMILES string of the molecule is O=C(O)c1cccc2c1OCCN(CC(=O)N1CCCCC1)C2. The van der Waals surface area contributed by atoms with Crippen LogP contribution in [0.3, 0.4) is 0 Å². The van der Waals surface area contributed by atoms with Crippen molar-refractivity contribution in [3.63, 3.8) is 0 Å². The molecule has 1 saturated heterocycles. The summed E-state index contributed by atoms with van der Waals surface area (Å²) in [6.45, 7) is 3.61. The molecule has 1 aromatic rings. The molecule has 6 heteroatoms. The van der Waals surface area contributed by atoms with E-state index >= 15 is 0 Å². The predicted octanol–water partition coefficient (Wildman–Crippen LogP) is 1.59. The van der Waals surface area contributed by atoms with Crippen molar-refractivity contribution < 1.29 is 19.4 Å². The molecule has 0 unspecified atom stereocenters. The number of para-hydroxylation sites is 1. The van der Waals surface area contributed by atoms with E-state index in [2.05, 4.69) is 0 Å². The van der Waals surface area contributed by atoms with Gasteiger partial charge in [-0.2, -0.15) is 0 Å². The summed E-state index contributed by atoms with van der Waals surface area (Å²) < 4.78 is 5.65. The minimum absolute atomic E-state index is 0.155. The lowest BCUT2D eigenvalue weighted by Crippen LogP contribution is -2.43. The maximum atomic E-state index is 12.4. The molecule has 0 spiro atoms. The van der Waals surface area contributed by atoms with E-state index in [9.17, 15) is 14.7 Å². The van der Waals surface area contributed by atoms with E-state index in [0.29, 0.717) is 32.0 Å². The second kappa shape index (κ2) is 7.00. The number of hydrogen-bond donors (Lipinski definition) is 1. The van der Waals surface area contributed by atoms with Gasteiger partial charge in [0, 0.05) is 31.7 Å². The molecule has 0 aromatic heterocycles. The Balaban J connectivity index is 1.70. The first-order valence-electron chi connectivity index (χ1n) is 8.13. The van der Waals surface area contributed by atoms with Crippen LogP contribution in [0, 0.1) is 0 Å². The molecule has 0 aliphatic carbocycles. The number of likely N-dealkylation sites (tertiary alicyclic amines) is 1. The summed E-state index contributed by atoms with van der Waals surface area (Å²) in [5.41, 5.74) is 1.01. The highest BCUT2D eigenvalue weighted by Gasteiger charge is 2.24. The average Bonchev–Trinajstić information content (AvgIpc) is 2.76. The van der Waals surface area contributed by atoms with Crippen LogP contribution in [0.1, 0.15) is 35.2 Å². The average molecular weight is 318 g/mol. The number of ether oxygens (including phenoxy) is 1. The first kappa shape index (κ1) is 15.8. The number of piperidine rings is 1. The maximum absolute atomic E-state index is 12.4. The normalized spacial score (nSPS) is 18.7. The number of fused-ring (bicyclic) bond motifs is 1. The summed E-state index contributed by atoms with van der Waals surface area (Å²) in [5, 5.41) is 9.26. The minimum Gasteiger partial charge on any atom is -0.491 e. The van der Waals surface area contributed by atoms with Crippen LogP contribution < -0.4 is 4.74 Å². The number of carbonyl (C=O) groups is 2. The Labute approximate surface area is 135 Å². The molecular weight excluding hydrogens is 296 g/mol. The monoisotopic (exact) mass is 318 g/mol. The second-order valence-corrected chi connectivity index (χ2v) is 6.10. The molecule has 1 N–H and O–H groups in total. The molecule has 6 nitrogen and oxygen atoms in total. The van der Waals surface area contributed by atoms with E-state index in [1.54, 1.807) is 12.1 Å². The summed E-state index contributed by atoms with van der Waals surface area (Å²) in [6.07, 6.45) is 3.37. The Kier molecular flexibility index (Phi) is 4.81. The Morgan fingerprint density at radius 1 is 1.13 bits per heavy atom. The summed E-state index contributed by atoms with van der Waals surface area (Å²) in [7, 11) is 0. The van der Waals surface area contributed by atoms with Gasteiger partial charge in [0.1, 0.15) is 17.9 Å². The van der Waals surface area contributed by atoms with Gasteiger partial charge in [-0.3, -0.25) is 9.69 Å². The van der Waals surface area contributed by atoms with Crippen LogP contribution >= 0.6 is 0 Å². The van der Waals surface area contributed by atoms with Crippen molar-refractivity contribution in [2.24, 2.45) is 0 Å². The van der Waals surface area contributed by atoms with Crippen molar-refractivity contribution in [1.29, 1.82) is 0 Å². The van der Waals surface area contributed by atoms with Crippen LogP contribution in [0.15, 0.2) is 18.2 Å². The number of benzene rings is 1. The van der Waals surface area contributed by atoms with Gasteiger partial charge in [0.25, 0.3) is 0 Å². The third kappa shape index (κ3) is 3.64. The van der Waals surface area contributed by atoms with Gasteiger partial charge in [0.05, 0.1) is 6.54 Å². The fraction of sp³-hybridized carbons (Fsp3) is 0.529. The molecule has 2 aliphatic heterocycles. The van der Waals surface area contributed by atoms with Crippen molar-refractivity contribution in [3.05, 3.63) is 29.3 Å². The molecule has 0 bridgehead atoms. The molecule has 0 radical (unpaired) electrons.